The number of halogens is 1. The van der Waals surface area contributed by atoms with Crippen LogP contribution in [0.1, 0.15) is 27.6 Å². The van der Waals surface area contributed by atoms with Crippen LogP contribution in [0.2, 0.25) is 0 Å². The molecule has 0 saturated carbocycles. The molecule has 1 fully saturated rings. The number of ether oxygens (including phenoxy) is 1. The lowest BCUT2D eigenvalue weighted by Crippen LogP contribution is -2.50. The minimum atomic E-state index is -0.470. The van der Waals surface area contributed by atoms with Crippen LogP contribution in [0.3, 0.4) is 0 Å². The molecule has 8 heteroatoms. The van der Waals surface area contributed by atoms with Gasteiger partial charge in [0.1, 0.15) is 11.6 Å². The van der Waals surface area contributed by atoms with Crippen molar-refractivity contribution in [3.05, 3.63) is 65.5 Å². The van der Waals surface area contributed by atoms with Gasteiger partial charge < -0.3 is 15.0 Å². The van der Waals surface area contributed by atoms with Gasteiger partial charge in [-0.3, -0.25) is 19.3 Å². The molecule has 3 rings (SSSR count). The maximum Gasteiger partial charge on any atom is 0.308 e. The Kier molecular flexibility index (Phi) is 7.13. The van der Waals surface area contributed by atoms with Crippen LogP contribution >= 0.6 is 0 Å². The largest absolute Gasteiger partial charge is 0.426 e. The van der Waals surface area contributed by atoms with Crippen LogP contribution in [-0.4, -0.2) is 66.9 Å². The zero-order valence-electron chi connectivity index (χ0n) is 16.8. The highest BCUT2D eigenvalue weighted by Crippen LogP contribution is 2.21. The molecule has 0 bridgehead atoms. The Morgan fingerprint density at radius 2 is 1.67 bits per heavy atom. The SMILES string of the molecule is CC(=O)Oc1ccccc1C(=O)N1CCN(CCNC(=O)c2ccc(F)cc2)CC1. The second-order valence-electron chi connectivity index (χ2n) is 6.99. The van der Waals surface area contributed by atoms with E-state index in [1.807, 2.05) is 0 Å². The van der Waals surface area contributed by atoms with Gasteiger partial charge in [0, 0.05) is 51.8 Å². The van der Waals surface area contributed by atoms with Crippen molar-refractivity contribution in [1.82, 2.24) is 15.1 Å². The molecular formula is C22H24FN3O4. The molecule has 0 aromatic heterocycles. The van der Waals surface area contributed by atoms with Gasteiger partial charge >= 0.3 is 5.97 Å². The number of nitrogens with zero attached hydrogens (tertiary/aromatic N) is 2. The molecule has 1 saturated heterocycles. The van der Waals surface area contributed by atoms with Crippen molar-refractivity contribution in [3.63, 3.8) is 0 Å². The fourth-order valence-electron chi connectivity index (χ4n) is 3.26. The van der Waals surface area contributed by atoms with Crippen LogP contribution in [-0.2, 0) is 4.79 Å². The molecule has 1 N–H and O–H groups in total. The van der Waals surface area contributed by atoms with Gasteiger partial charge in [0.2, 0.25) is 0 Å². The van der Waals surface area contributed by atoms with Gasteiger partial charge in [0.25, 0.3) is 11.8 Å². The zero-order valence-corrected chi connectivity index (χ0v) is 16.8. The number of benzene rings is 2. The van der Waals surface area contributed by atoms with Gasteiger partial charge in [0.05, 0.1) is 5.56 Å². The highest BCUT2D eigenvalue weighted by molar-refractivity contribution is 5.97. The van der Waals surface area contributed by atoms with Crippen molar-refractivity contribution in [2.75, 3.05) is 39.3 Å². The zero-order chi connectivity index (χ0) is 21.5. The number of hydrogen-bond donors (Lipinski definition) is 1. The van der Waals surface area contributed by atoms with E-state index in [9.17, 15) is 18.8 Å². The molecule has 158 valence electrons. The Labute approximate surface area is 174 Å². The van der Waals surface area contributed by atoms with Crippen molar-refractivity contribution in [2.24, 2.45) is 0 Å². The molecule has 2 aromatic rings. The van der Waals surface area contributed by atoms with Crippen LogP contribution in [0.5, 0.6) is 5.75 Å². The van der Waals surface area contributed by atoms with Gasteiger partial charge in [-0.05, 0) is 36.4 Å². The summed E-state index contributed by atoms with van der Waals surface area (Å²) in [6.07, 6.45) is 0. The first kappa shape index (κ1) is 21.4. The minimum Gasteiger partial charge on any atom is -0.426 e. The minimum absolute atomic E-state index is 0.170. The van der Waals surface area contributed by atoms with E-state index >= 15 is 0 Å². The normalized spacial score (nSPS) is 14.3. The Hall–Kier alpha value is -3.26. The predicted molar refractivity (Wildman–Crippen MR) is 109 cm³/mol. The lowest BCUT2D eigenvalue weighted by molar-refractivity contribution is -0.131. The Balaban J connectivity index is 1.46. The highest BCUT2D eigenvalue weighted by Gasteiger charge is 2.24. The number of carbonyl (C=O) groups is 3. The Morgan fingerprint density at radius 1 is 1.00 bits per heavy atom. The van der Waals surface area contributed by atoms with E-state index in [-0.39, 0.29) is 23.4 Å². The predicted octanol–water partition coefficient (Wildman–Crippen LogP) is 1.94. The first-order valence-electron chi connectivity index (χ1n) is 9.77. The first-order chi connectivity index (χ1) is 14.4. The highest BCUT2D eigenvalue weighted by atomic mass is 19.1. The number of rotatable bonds is 6. The number of para-hydroxylation sites is 1. The molecule has 0 atom stereocenters. The van der Waals surface area contributed by atoms with Crippen molar-refractivity contribution in [1.29, 1.82) is 0 Å². The summed E-state index contributed by atoms with van der Waals surface area (Å²) in [7, 11) is 0. The number of hydrogen-bond acceptors (Lipinski definition) is 5. The molecule has 1 aliphatic heterocycles. The topological polar surface area (TPSA) is 79.0 Å². The average molecular weight is 413 g/mol. The van der Waals surface area contributed by atoms with Crippen LogP contribution < -0.4 is 10.1 Å². The summed E-state index contributed by atoms with van der Waals surface area (Å²) >= 11 is 0. The number of amides is 2. The molecule has 0 unspecified atom stereocenters. The molecule has 2 aromatic carbocycles. The lowest BCUT2D eigenvalue weighted by atomic mass is 10.1. The van der Waals surface area contributed by atoms with Gasteiger partial charge in [-0.2, -0.15) is 0 Å². The second-order valence-corrected chi connectivity index (χ2v) is 6.99. The van der Waals surface area contributed by atoms with Crippen LogP contribution in [0, 0.1) is 5.82 Å². The molecule has 2 amide bonds. The molecule has 7 nitrogen and oxygen atoms in total. The van der Waals surface area contributed by atoms with Crippen molar-refractivity contribution in [3.8, 4) is 5.75 Å². The van der Waals surface area contributed by atoms with Crippen molar-refractivity contribution in [2.45, 2.75) is 6.92 Å². The quantitative estimate of drug-likeness (QED) is 0.578. The van der Waals surface area contributed by atoms with E-state index < -0.39 is 5.97 Å². The van der Waals surface area contributed by atoms with Crippen molar-refractivity contribution < 1.29 is 23.5 Å². The van der Waals surface area contributed by atoms with E-state index in [0.29, 0.717) is 50.4 Å². The van der Waals surface area contributed by atoms with E-state index in [0.717, 1.165) is 0 Å². The first-order valence-corrected chi connectivity index (χ1v) is 9.77. The number of nitrogens with one attached hydrogen (secondary N) is 1. The average Bonchev–Trinajstić information content (AvgIpc) is 2.74. The summed E-state index contributed by atoms with van der Waals surface area (Å²) in [5.41, 5.74) is 0.783. The third-order valence-electron chi connectivity index (χ3n) is 4.85. The Bertz CT molecular complexity index is 909. The summed E-state index contributed by atoms with van der Waals surface area (Å²) in [6, 6.07) is 12.1. The van der Waals surface area contributed by atoms with E-state index in [4.69, 9.17) is 4.74 Å². The van der Waals surface area contributed by atoms with Crippen LogP contribution in [0.25, 0.3) is 0 Å². The van der Waals surface area contributed by atoms with E-state index in [2.05, 4.69) is 10.2 Å². The second kappa shape index (κ2) is 9.98. The number of piperazine rings is 1. The summed E-state index contributed by atoms with van der Waals surface area (Å²) < 4.78 is 18.1. The molecule has 30 heavy (non-hydrogen) atoms. The summed E-state index contributed by atoms with van der Waals surface area (Å²) in [5, 5.41) is 2.82. The summed E-state index contributed by atoms with van der Waals surface area (Å²) in [4.78, 5) is 40.0. The summed E-state index contributed by atoms with van der Waals surface area (Å²) in [5.74, 6) is -1.000. The van der Waals surface area contributed by atoms with Gasteiger partial charge in [-0.25, -0.2) is 4.39 Å². The maximum absolute atomic E-state index is 12.9. The third-order valence-corrected chi connectivity index (χ3v) is 4.85. The van der Waals surface area contributed by atoms with Gasteiger partial charge in [-0.1, -0.05) is 12.1 Å². The number of esters is 1. The molecular weight excluding hydrogens is 389 g/mol. The molecule has 1 aliphatic rings. The van der Waals surface area contributed by atoms with E-state index in [1.54, 1.807) is 29.2 Å². The molecule has 0 radical (unpaired) electrons. The fourth-order valence-corrected chi connectivity index (χ4v) is 3.26. The maximum atomic E-state index is 12.9. The Morgan fingerprint density at radius 3 is 2.33 bits per heavy atom. The molecule has 0 aliphatic carbocycles. The van der Waals surface area contributed by atoms with Gasteiger partial charge in [0.15, 0.2) is 0 Å². The van der Waals surface area contributed by atoms with E-state index in [1.165, 1.54) is 31.2 Å². The summed E-state index contributed by atoms with van der Waals surface area (Å²) in [6.45, 7) is 4.84. The number of carbonyl (C=O) groups excluding carboxylic acids is 3. The fraction of sp³-hybridized carbons (Fsp3) is 0.318. The lowest BCUT2D eigenvalue weighted by Gasteiger charge is -2.35. The van der Waals surface area contributed by atoms with Crippen LogP contribution in [0.15, 0.2) is 48.5 Å². The third kappa shape index (κ3) is 5.64. The monoisotopic (exact) mass is 413 g/mol. The standard InChI is InChI=1S/C22H24FN3O4/c1-16(27)30-20-5-3-2-4-19(20)22(29)26-14-12-25(13-15-26)11-10-24-21(28)17-6-8-18(23)9-7-17/h2-9H,10-15H2,1H3,(H,24,28). The molecule has 0 spiro atoms. The smallest absolute Gasteiger partial charge is 0.308 e. The van der Waals surface area contributed by atoms with Crippen molar-refractivity contribution >= 4 is 17.8 Å². The van der Waals surface area contributed by atoms with Crippen LogP contribution in [0.4, 0.5) is 4.39 Å². The van der Waals surface area contributed by atoms with Gasteiger partial charge in [-0.15, -0.1) is 0 Å². The molecule has 1 heterocycles.